The molecule has 4 heterocycles. The molecular formula is C30H27BrCl2N10O5. The predicted octanol–water partition coefficient (Wildman–Crippen LogP) is 3.71. The average Bonchev–Trinajstić information content (AvgIpc) is 3.53. The lowest BCUT2D eigenvalue weighted by molar-refractivity contribution is -0.140. The zero-order chi connectivity index (χ0) is 34.5. The summed E-state index contributed by atoms with van der Waals surface area (Å²) < 4.78 is 13.2. The van der Waals surface area contributed by atoms with Crippen LogP contribution in [-0.4, -0.2) is 65.2 Å². The van der Waals surface area contributed by atoms with Crippen LogP contribution >= 0.6 is 39.1 Å². The molecule has 0 aliphatic rings. The van der Waals surface area contributed by atoms with Gasteiger partial charge in [-0.1, -0.05) is 48.5 Å². The molecule has 0 saturated heterocycles. The van der Waals surface area contributed by atoms with Crippen LogP contribution in [0.25, 0.3) is 22.3 Å². The van der Waals surface area contributed by atoms with Gasteiger partial charge in [0, 0.05) is 0 Å². The number of benzene rings is 2. The van der Waals surface area contributed by atoms with Crippen LogP contribution in [0.5, 0.6) is 0 Å². The maximum atomic E-state index is 12.2. The molecule has 2 aromatic carbocycles. The highest BCUT2D eigenvalue weighted by Crippen LogP contribution is 2.25. The summed E-state index contributed by atoms with van der Waals surface area (Å²) in [4.78, 5) is 57.9. The minimum atomic E-state index is -0.369. The molecule has 5 N–H and O–H groups in total. The second-order valence-corrected chi connectivity index (χ2v) is 11.6. The quantitative estimate of drug-likeness (QED) is 0.115. The van der Waals surface area contributed by atoms with Gasteiger partial charge in [0.05, 0.1) is 40.2 Å². The fraction of sp³-hybridized carbons (Fsp3) is 0.200. The Morgan fingerprint density at radius 1 is 0.771 bits per heavy atom. The minimum Gasteiger partial charge on any atom is -0.469 e. The molecule has 4 aromatic heterocycles. The molecule has 6 rings (SSSR count). The van der Waals surface area contributed by atoms with E-state index in [1.54, 1.807) is 0 Å². The third-order valence-electron chi connectivity index (χ3n) is 6.99. The van der Waals surface area contributed by atoms with E-state index in [1.165, 1.54) is 18.8 Å². The van der Waals surface area contributed by atoms with Gasteiger partial charge in [0.2, 0.25) is 10.6 Å². The Kier molecular flexibility index (Phi) is 10.6. The van der Waals surface area contributed by atoms with E-state index in [2.05, 4.69) is 50.6 Å². The van der Waals surface area contributed by atoms with Gasteiger partial charge < -0.3 is 25.9 Å². The number of hydrogen-bond donors (Lipinski definition) is 3. The van der Waals surface area contributed by atoms with Crippen molar-refractivity contribution >= 4 is 85.0 Å². The van der Waals surface area contributed by atoms with Crippen LogP contribution in [-0.2, 0) is 45.0 Å². The fourth-order valence-corrected chi connectivity index (χ4v) is 5.61. The SMILES string of the molecule is COC(=O)Cc1cccc(Cn2c(=O)[nH]c3c(N)nc(Cl)nc32)c1.COC(=O)Cc1cccc(Cn2c(Br)nc3c(N)nc(Cl)nc32)c1. The third kappa shape index (κ3) is 7.90. The highest BCUT2D eigenvalue weighted by molar-refractivity contribution is 9.10. The summed E-state index contributed by atoms with van der Waals surface area (Å²) in [5.74, 6) is -0.276. The summed E-state index contributed by atoms with van der Waals surface area (Å²) in [5, 5.41) is 0.0280. The molecule has 0 unspecified atom stereocenters. The van der Waals surface area contributed by atoms with Crippen LogP contribution in [0.3, 0.4) is 0 Å². The standard InChI is InChI=1S/C15H13BrClN5O2.C15H14ClN5O3/c1-24-10(23)6-8-3-2-4-9(5-8)7-22-13-11(19-14(22)16)12(18)20-15(17)21-13;1-24-10(22)6-8-3-2-4-9(5-8)7-21-13-11(18-15(21)23)12(17)19-14(16)20-13/h2-5H,6-7H2,1H3,(H2,18,20,21);2-5H,6-7H2,1H3,(H,18,23)(H2,17,19,20). The monoisotopic (exact) mass is 756 g/mol. The Morgan fingerprint density at radius 2 is 1.27 bits per heavy atom. The summed E-state index contributed by atoms with van der Waals surface area (Å²) in [7, 11) is 2.71. The first-order chi connectivity index (χ1) is 22.9. The molecular weight excluding hydrogens is 731 g/mol. The van der Waals surface area contributed by atoms with E-state index in [-0.39, 0.29) is 59.2 Å². The maximum absolute atomic E-state index is 12.2. The number of methoxy groups -OCH3 is 2. The number of carbonyl (C=O) groups excluding carboxylic acids is 2. The maximum Gasteiger partial charge on any atom is 0.328 e. The van der Waals surface area contributed by atoms with Crippen molar-refractivity contribution in [2.75, 3.05) is 25.7 Å². The molecule has 0 aliphatic heterocycles. The second-order valence-electron chi connectivity index (χ2n) is 10.3. The highest BCUT2D eigenvalue weighted by atomic mass is 79.9. The van der Waals surface area contributed by atoms with Gasteiger partial charge in [-0.05, 0) is 61.4 Å². The molecule has 18 heteroatoms. The number of imidazole rings is 2. The van der Waals surface area contributed by atoms with Crippen LogP contribution in [0.1, 0.15) is 22.3 Å². The van der Waals surface area contributed by atoms with Crippen molar-refractivity contribution in [3.8, 4) is 0 Å². The van der Waals surface area contributed by atoms with Gasteiger partial charge in [-0.25, -0.2) is 9.78 Å². The lowest BCUT2D eigenvalue weighted by Gasteiger charge is -2.08. The largest absolute Gasteiger partial charge is 0.469 e. The van der Waals surface area contributed by atoms with Gasteiger partial charge in [-0.2, -0.15) is 19.9 Å². The Balaban J connectivity index is 0.000000188. The van der Waals surface area contributed by atoms with Crippen molar-refractivity contribution in [1.29, 1.82) is 0 Å². The van der Waals surface area contributed by atoms with Gasteiger partial charge in [0.15, 0.2) is 33.2 Å². The van der Waals surface area contributed by atoms with E-state index in [4.69, 9.17) is 39.4 Å². The first kappa shape index (κ1) is 34.3. The fourth-order valence-electron chi connectivity index (χ4n) is 4.80. The first-order valence-corrected chi connectivity index (χ1v) is 15.6. The third-order valence-corrected chi connectivity index (χ3v) is 7.93. The number of halogens is 3. The number of rotatable bonds is 8. The Bertz CT molecular complexity index is 2220. The number of fused-ring (bicyclic) bond motifs is 2. The van der Waals surface area contributed by atoms with Crippen molar-refractivity contribution in [2.45, 2.75) is 25.9 Å². The molecule has 48 heavy (non-hydrogen) atoms. The van der Waals surface area contributed by atoms with Crippen LogP contribution in [0, 0.1) is 0 Å². The number of hydrogen-bond acceptors (Lipinski definition) is 12. The average molecular weight is 758 g/mol. The zero-order valence-electron chi connectivity index (χ0n) is 25.4. The molecule has 15 nitrogen and oxygen atoms in total. The van der Waals surface area contributed by atoms with Crippen LogP contribution in [0.4, 0.5) is 11.6 Å². The molecule has 0 saturated carbocycles. The predicted molar refractivity (Wildman–Crippen MR) is 183 cm³/mol. The lowest BCUT2D eigenvalue weighted by Crippen LogP contribution is -2.18. The van der Waals surface area contributed by atoms with Gasteiger partial charge in [0.1, 0.15) is 5.52 Å². The number of nitrogen functional groups attached to an aromatic ring is 2. The molecule has 6 aromatic rings. The van der Waals surface area contributed by atoms with E-state index in [9.17, 15) is 14.4 Å². The number of carbonyl (C=O) groups is 2. The summed E-state index contributed by atoms with van der Waals surface area (Å²) >= 11 is 15.1. The molecule has 0 bridgehead atoms. The highest BCUT2D eigenvalue weighted by Gasteiger charge is 2.16. The van der Waals surface area contributed by atoms with Crippen LogP contribution in [0.2, 0.25) is 10.6 Å². The molecule has 0 aliphatic carbocycles. The van der Waals surface area contributed by atoms with E-state index in [0.29, 0.717) is 33.6 Å². The molecule has 0 amide bonds. The van der Waals surface area contributed by atoms with Crippen LogP contribution < -0.4 is 17.2 Å². The smallest absolute Gasteiger partial charge is 0.328 e. The number of H-pyrrole nitrogens is 1. The number of aromatic amines is 1. The number of esters is 2. The molecule has 0 fully saturated rings. The van der Waals surface area contributed by atoms with Crippen molar-refractivity contribution in [3.63, 3.8) is 0 Å². The summed E-state index contributed by atoms with van der Waals surface area (Å²) in [6.07, 6.45) is 0.380. The summed E-state index contributed by atoms with van der Waals surface area (Å²) in [6, 6.07) is 14.9. The number of nitrogens with one attached hydrogen (secondary N) is 1. The van der Waals surface area contributed by atoms with Crippen molar-refractivity contribution < 1.29 is 19.1 Å². The van der Waals surface area contributed by atoms with Gasteiger partial charge in [-0.15, -0.1) is 0 Å². The molecule has 248 valence electrons. The molecule has 0 spiro atoms. The summed E-state index contributed by atoms with van der Waals surface area (Å²) in [5.41, 5.74) is 16.4. The van der Waals surface area contributed by atoms with Gasteiger partial charge in [-0.3, -0.25) is 18.7 Å². The number of anilines is 2. The van der Waals surface area contributed by atoms with E-state index >= 15 is 0 Å². The normalized spacial score (nSPS) is 10.9. The molecule has 0 radical (unpaired) electrons. The van der Waals surface area contributed by atoms with Crippen molar-refractivity contribution in [3.05, 3.63) is 96.6 Å². The number of aromatic nitrogens is 8. The van der Waals surface area contributed by atoms with E-state index in [0.717, 1.165) is 22.3 Å². The van der Waals surface area contributed by atoms with Crippen molar-refractivity contribution in [1.82, 2.24) is 39.0 Å². The Labute approximate surface area is 290 Å². The second kappa shape index (κ2) is 14.8. The number of nitrogens with two attached hydrogens (primary N) is 2. The van der Waals surface area contributed by atoms with Gasteiger partial charge >= 0.3 is 17.6 Å². The minimum absolute atomic E-state index is 0.0350. The Hall–Kier alpha value is -5.06. The number of ether oxygens (including phenoxy) is 2. The van der Waals surface area contributed by atoms with E-state index in [1.807, 2.05) is 53.1 Å². The zero-order valence-corrected chi connectivity index (χ0v) is 28.5. The summed E-state index contributed by atoms with van der Waals surface area (Å²) in [6.45, 7) is 0.736. The van der Waals surface area contributed by atoms with E-state index < -0.39 is 0 Å². The van der Waals surface area contributed by atoms with Crippen molar-refractivity contribution in [2.24, 2.45) is 0 Å². The first-order valence-electron chi connectivity index (χ1n) is 14.0. The van der Waals surface area contributed by atoms with Gasteiger partial charge in [0.25, 0.3) is 0 Å². The number of nitrogens with zero attached hydrogens (tertiary/aromatic N) is 7. The topological polar surface area (TPSA) is 212 Å². The van der Waals surface area contributed by atoms with Crippen LogP contribution in [0.15, 0.2) is 58.1 Å². The lowest BCUT2D eigenvalue weighted by atomic mass is 10.1. The Morgan fingerprint density at radius 3 is 1.83 bits per heavy atom. The molecule has 0 atom stereocenters.